The Morgan fingerprint density at radius 1 is 1.42 bits per heavy atom. The third kappa shape index (κ3) is 2.73. The van der Waals surface area contributed by atoms with E-state index in [0.29, 0.717) is 21.9 Å². The summed E-state index contributed by atoms with van der Waals surface area (Å²) < 4.78 is 1.62. The van der Waals surface area contributed by atoms with E-state index in [0.717, 1.165) is 25.2 Å². The number of aromatic nitrogens is 2. The van der Waals surface area contributed by atoms with Crippen LogP contribution in [0.4, 0.5) is 5.69 Å². The lowest BCUT2D eigenvalue weighted by Gasteiger charge is -2.34. The lowest BCUT2D eigenvalue weighted by atomic mass is 10.2. The molecule has 2 rings (SSSR count). The maximum Gasteiger partial charge on any atom is 0.274 e. The fourth-order valence-corrected chi connectivity index (χ4v) is 3.93. The maximum atomic E-state index is 12.6. The highest BCUT2D eigenvalue weighted by Crippen LogP contribution is 2.27. The molecule has 1 aliphatic rings. The van der Waals surface area contributed by atoms with Crippen LogP contribution in [0.1, 0.15) is 37.0 Å². The van der Waals surface area contributed by atoms with E-state index in [2.05, 4.69) is 18.9 Å². The van der Waals surface area contributed by atoms with Crippen LogP contribution in [0.2, 0.25) is 0 Å². The van der Waals surface area contributed by atoms with E-state index in [-0.39, 0.29) is 5.91 Å². The minimum absolute atomic E-state index is 0.00574. The van der Waals surface area contributed by atoms with Crippen molar-refractivity contribution in [1.29, 1.82) is 0 Å². The summed E-state index contributed by atoms with van der Waals surface area (Å²) in [6.45, 7) is 7.86. The maximum absolute atomic E-state index is 12.6. The number of thioether (sulfide) groups is 1. The molecule has 5 nitrogen and oxygen atoms in total. The van der Waals surface area contributed by atoms with Gasteiger partial charge in [0.25, 0.3) is 5.91 Å². The molecule has 0 aliphatic carbocycles. The fraction of sp³-hybridized carbons (Fsp3) is 0.692. The molecule has 1 aromatic heterocycles. The number of amides is 1. The molecular formula is C13H22N4OS. The van der Waals surface area contributed by atoms with E-state index >= 15 is 0 Å². The van der Waals surface area contributed by atoms with E-state index < -0.39 is 0 Å². The Bertz CT molecular complexity index is 475. The third-order valence-electron chi connectivity index (χ3n) is 3.40. The normalized spacial score (nSPS) is 23.7. The van der Waals surface area contributed by atoms with E-state index in [1.54, 1.807) is 11.7 Å². The number of carbonyl (C=O) groups is 1. The Hall–Kier alpha value is -1.17. The zero-order chi connectivity index (χ0) is 14.2. The summed E-state index contributed by atoms with van der Waals surface area (Å²) in [5.74, 6) is 0.00574. The SMILES string of the molecule is CCc1nn(C)c(C(=O)N2CC(C)SC(C)C2)c1N. The fourth-order valence-electron chi connectivity index (χ4n) is 2.60. The van der Waals surface area contributed by atoms with Gasteiger partial charge in [0.1, 0.15) is 5.69 Å². The molecule has 1 fully saturated rings. The second-order valence-corrected chi connectivity index (χ2v) is 7.04. The second kappa shape index (κ2) is 5.45. The first-order valence-corrected chi connectivity index (χ1v) is 7.64. The molecule has 2 N–H and O–H groups in total. The highest BCUT2D eigenvalue weighted by Gasteiger charge is 2.30. The number of aryl methyl sites for hydroxylation is 2. The van der Waals surface area contributed by atoms with Crippen LogP contribution in [-0.2, 0) is 13.5 Å². The molecule has 2 unspecified atom stereocenters. The van der Waals surface area contributed by atoms with Crippen molar-refractivity contribution in [3.05, 3.63) is 11.4 Å². The van der Waals surface area contributed by atoms with E-state index in [9.17, 15) is 4.79 Å². The summed E-state index contributed by atoms with van der Waals surface area (Å²) in [5.41, 5.74) is 7.93. The molecule has 106 valence electrons. The van der Waals surface area contributed by atoms with Gasteiger partial charge in [-0.15, -0.1) is 0 Å². The molecule has 0 bridgehead atoms. The number of nitrogens with zero attached hydrogens (tertiary/aromatic N) is 3. The summed E-state index contributed by atoms with van der Waals surface area (Å²) >= 11 is 1.93. The Labute approximate surface area is 118 Å². The molecule has 19 heavy (non-hydrogen) atoms. The molecule has 1 amide bonds. The summed E-state index contributed by atoms with van der Waals surface area (Å²) in [6.07, 6.45) is 0.746. The number of anilines is 1. The number of rotatable bonds is 2. The van der Waals surface area contributed by atoms with E-state index in [1.807, 2.05) is 23.6 Å². The summed E-state index contributed by atoms with van der Waals surface area (Å²) in [7, 11) is 1.79. The van der Waals surface area contributed by atoms with E-state index in [1.165, 1.54) is 0 Å². The van der Waals surface area contributed by atoms with Crippen molar-refractivity contribution >= 4 is 23.4 Å². The van der Waals surface area contributed by atoms with Crippen molar-refractivity contribution in [3.8, 4) is 0 Å². The van der Waals surface area contributed by atoms with Crippen molar-refractivity contribution in [2.24, 2.45) is 7.05 Å². The van der Waals surface area contributed by atoms with Crippen molar-refractivity contribution < 1.29 is 4.79 Å². The quantitative estimate of drug-likeness (QED) is 0.893. The Kier molecular flexibility index (Phi) is 4.08. The third-order valence-corrected chi connectivity index (χ3v) is 4.63. The van der Waals surface area contributed by atoms with Crippen molar-refractivity contribution in [2.45, 2.75) is 37.7 Å². The van der Waals surface area contributed by atoms with Gasteiger partial charge >= 0.3 is 0 Å². The zero-order valence-electron chi connectivity index (χ0n) is 12.0. The van der Waals surface area contributed by atoms with Crippen LogP contribution >= 0.6 is 11.8 Å². The molecule has 6 heteroatoms. The smallest absolute Gasteiger partial charge is 0.274 e. The summed E-state index contributed by atoms with van der Waals surface area (Å²) in [6, 6.07) is 0. The predicted octanol–water partition coefficient (Wildman–Crippen LogP) is 1.53. The molecule has 2 atom stereocenters. The number of hydrogen-bond acceptors (Lipinski definition) is 4. The van der Waals surface area contributed by atoms with Gasteiger partial charge in [-0.3, -0.25) is 9.48 Å². The molecule has 2 heterocycles. The van der Waals surface area contributed by atoms with Crippen LogP contribution in [0.5, 0.6) is 0 Å². The average Bonchev–Trinajstić information content (AvgIpc) is 2.62. The van der Waals surface area contributed by atoms with Gasteiger partial charge in [-0.1, -0.05) is 20.8 Å². The second-order valence-electron chi connectivity index (χ2n) is 5.15. The van der Waals surface area contributed by atoms with Gasteiger partial charge in [0.05, 0.1) is 11.4 Å². The number of nitrogen functional groups attached to an aromatic ring is 1. The van der Waals surface area contributed by atoms with Gasteiger partial charge in [-0.2, -0.15) is 16.9 Å². The van der Waals surface area contributed by atoms with E-state index in [4.69, 9.17) is 5.73 Å². The number of carbonyl (C=O) groups excluding carboxylic acids is 1. The van der Waals surface area contributed by atoms with Crippen LogP contribution in [0.15, 0.2) is 0 Å². The van der Waals surface area contributed by atoms with Gasteiger partial charge in [-0.05, 0) is 6.42 Å². The molecule has 1 saturated heterocycles. The number of nitrogens with two attached hydrogens (primary N) is 1. The molecule has 0 radical (unpaired) electrons. The lowest BCUT2D eigenvalue weighted by Crippen LogP contribution is -2.44. The van der Waals surface area contributed by atoms with Gasteiger partial charge < -0.3 is 10.6 Å². The Morgan fingerprint density at radius 2 is 2.00 bits per heavy atom. The molecule has 1 aliphatic heterocycles. The molecule has 0 aromatic carbocycles. The first-order valence-electron chi connectivity index (χ1n) is 6.70. The standard InChI is InChI=1S/C13H22N4OS/c1-5-10-11(14)12(16(4)15-10)13(18)17-6-8(2)19-9(3)7-17/h8-9H,5-7,14H2,1-4H3. The van der Waals surface area contributed by atoms with Gasteiger partial charge in [0.15, 0.2) is 0 Å². The highest BCUT2D eigenvalue weighted by molar-refractivity contribution is 8.00. The minimum Gasteiger partial charge on any atom is -0.395 e. The van der Waals surface area contributed by atoms with Crippen molar-refractivity contribution in [1.82, 2.24) is 14.7 Å². The van der Waals surface area contributed by atoms with Crippen LogP contribution < -0.4 is 5.73 Å². The minimum atomic E-state index is 0.00574. The first-order chi connectivity index (χ1) is 8.93. The van der Waals surface area contributed by atoms with Crippen molar-refractivity contribution in [3.63, 3.8) is 0 Å². The summed E-state index contributed by atoms with van der Waals surface area (Å²) in [4.78, 5) is 14.5. The van der Waals surface area contributed by atoms with Crippen LogP contribution in [0.3, 0.4) is 0 Å². The molecular weight excluding hydrogens is 260 g/mol. The molecule has 1 aromatic rings. The summed E-state index contributed by atoms with van der Waals surface area (Å²) in [5, 5.41) is 5.25. The van der Waals surface area contributed by atoms with Gasteiger partial charge in [-0.25, -0.2) is 0 Å². The van der Waals surface area contributed by atoms with Gasteiger partial charge in [0.2, 0.25) is 0 Å². The molecule has 0 spiro atoms. The highest BCUT2D eigenvalue weighted by atomic mass is 32.2. The van der Waals surface area contributed by atoms with Crippen LogP contribution in [0, 0.1) is 0 Å². The Balaban J connectivity index is 2.26. The zero-order valence-corrected chi connectivity index (χ0v) is 12.8. The topological polar surface area (TPSA) is 64.2 Å². The van der Waals surface area contributed by atoms with Gasteiger partial charge in [0, 0.05) is 30.6 Å². The Morgan fingerprint density at radius 3 is 2.47 bits per heavy atom. The monoisotopic (exact) mass is 282 g/mol. The number of hydrogen-bond donors (Lipinski definition) is 1. The predicted molar refractivity (Wildman–Crippen MR) is 79.4 cm³/mol. The molecule has 0 saturated carbocycles. The average molecular weight is 282 g/mol. The van der Waals surface area contributed by atoms with Crippen molar-refractivity contribution in [2.75, 3.05) is 18.8 Å². The first kappa shape index (κ1) is 14.2. The largest absolute Gasteiger partial charge is 0.395 e. The van der Waals surface area contributed by atoms with Crippen LogP contribution in [0.25, 0.3) is 0 Å². The lowest BCUT2D eigenvalue weighted by molar-refractivity contribution is 0.0743. The van der Waals surface area contributed by atoms with Crippen LogP contribution in [-0.4, -0.2) is 44.2 Å².